The van der Waals surface area contributed by atoms with Gasteiger partial charge in [-0.3, -0.25) is 9.89 Å². The fraction of sp³-hybridized carbons (Fsp3) is 0.231. The van der Waals surface area contributed by atoms with Crippen LogP contribution in [0.15, 0.2) is 30.3 Å². The van der Waals surface area contributed by atoms with Crippen molar-refractivity contribution in [2.45, 2.75) is 19.8 Å². The Hall–Kier alpha value is -2.30. The average molecular weight is 244 g/mol. The monoisotopic (exact) mass is 244 g/mol. The number of hydrogen-bond acceptors (Lipinski definition) is 3. The maximum Gasteiger partial charge on any atom is 0.225 e. The maximum absolute atomic E-state index is 11.7. The molecule has 0 radical (unpaired) electrons. The number of amides is 1. The fourth-order valence-electron chi connectivity index (χ4n) is 1.63. The van der Waals surface area contributed by atoms with Gasteiger partial charge in [0.2, 0.25) is 5.91 Å². The van der Waals surface area contributed by atoms with Crippen LogP contribution in [0.3, 0.4) is 0 Å². The minimum absolute atomic E-state index is 0.0432. The van der Waals surface area contributed by atoms with E-state index in [1.807, 2.05) is 31.2 Å². The van der Waals surface area contributed by atoms with Gasteiger partial charge < -0.3 is 11.1 Å². The number of carbonyl (C=O) groups is 1. The third kappa shape index (κ3) is 3.35. The Balaban J connectivity index is 1.83. The highest BCUT2D eigenvalue weighted by Gasteiger charge is 2.05. The van der Waals surface area contributed by atoms with E-state index in [4.69, 9.17) is 5.73 Å². The number of carbonyl (C=O) groups excluding carboxylic acids is 1. The lowest BCUT2D eigenvalue weighted by molar-refractivity contribution is -0.116. The van der Waals surface area contributed by atoms with Crippen molar-refractivity contribution in [1.82, 2.24) is 10.2 Å². The zero-order chi connectivity index (χ0) is 13.0. The summed E-state index contributed by atoms with van der Waals surface area (Å²) in [5, 5.41) is 9.46. The summed E-state index contributed by atoms with van der Waals surface area (Å²) in [6.07, 6.45) is 1.12. The van der Waals surface area contributed by atoms with Crippen LogP contribution >= 0.6 is 0 Å². The molecule has 2 aromatic rings. The summed E-state index contributed by atoms with van der Waals surface area (Å²) in [6.45, 7) is 1.89. The topological polar surface area (TPSA) is 83.8 Å². The van der Waals surface area contributed by atoms with Crippen LogP contribution in [-0.4, -0.2) is 16.1 Å². The minimum Gasteiger partial charge on any atom is -0.399 e. The first-order valence-corrected chi connectivity index (χ1v) is 5.80. The van der Waals surface area contributed by atoms with Crippen molar-refractivity contribution >= 4 is 17.4 Å². The molecule has 0 bridgehead atoms. The van der Waals surface area contributed by atoms with Crippen LogP contribution in [0.2, 0.25) is 0 Å². The lowest BCUT2D eigenvalue weighted by Crippen LogP contribution is -2.12. The number of anilines is 2. The number of nitrogens with two attached hydrogens (primary N) is 1. The molecule has 0 saturated carbocycles. The van der Waals surface area contributed by atoms with Crippen LogP contribution in [0, 0.1) is 6.92 Å². The molecule has 5 nitrogen and oxygen atoms in total. The van der Waals surface area contributed by atoms with Gasteiger partial charge in [0.15, 0.2) is 5.82 Å². The molecule has 94 valence electrons. The van der Waals surface area contributed by atoms with Crippen molar-refractivity contribution in [2.24, 2.45) is 0 Å². The van der Waals surface area contributed by atoms with Crippen molar-refractivity contribution < 1.29 is 4.79 Å². The van der Waals surface area contributed by atoms with E-state index in [1.165, 1.54) is 0 Å². The quantitative estimate of drug-likeness (QED) is 0.718. The molecule has 1 aromatic heterocycles. The molecule has 4 N–H and O–H groups in total. The number of aryl methyl sites for hydroxylation is 2. The lowest BCUT2D eigenvalue weighted by atomic mass is 10.1. The zero-order valence-electron chi connectivity index (χ0n) is 10.2. The number of nitrogen functional groups attached to an aromatic ring is 1. The summed E-state index contributed by atoms with van der Waals surface area (Å²) in [4.78, 5) is 11.7. The molecule has 0 spiro atoms. The van der Waals surface area contributed by atoms with Crippen molar-refractivity contribution in [3.8, 4) is 0 Å². The standard InChI is InChI=1S/C13H16N4O/c1-9-8-12(17-16-9)15-13(18)7-4-10-2-5-11(14)6-3-10/h2-3,5-6,8H,4,7,14H2,1H3,(H2,15,16,17,18). The molecule has 1 heterocycles. The summed E-state index contributed by atoms with van der Waals surface area (Å²) in [7, 11) is 0. The second-order valence-electron chi connectivity index (χ2n) is 4.23. The second kappa shape index (κ2) is 5.35. The number of nitrogens with one attached hydrogen (secondary N) is 2. The van der Waals surface area contributed by atoms with E-state index in [2.05, 4.69) is 15.5 Å². The number of aromatic nitrogens is 2. The van der Waals surface area contributed by atoms with E-state index in [0.29, 0.717) is 18.7 Å². The van der Waals surface area contributed by atoms with Gasteiger partial charge in [-0.15, -0.1) is 0 Å². The van der Waals surface area contributed by atoms with Gasteiger partial charge >= 0.3 is 0 Å². The molecule has 0 fully saturated rings. The van der Waals surface area contributed by atoms with Gasteiger partial charge in [-0.1, -0.05) is 12.1 Å². The lowest BCUT2D eigenvalue weighted by Gasteiger charge is -2.02. The number of H-pyrrole nitrogens is 1. The normalized spacial score (nSPS) is 10.3. The second-order valence-corrected chi connectivity index (χ2v) is 4.23. The van der Waals surface area contributed by atoms with Gasteiger partial charge in [0.05, 0.1) is 0 Å². The van der Waals surface area contributed by atoms with Crippen LogP contribution in [0.5, 0.6) is 0 Å². The number of nitrogens with zero attached hydrogens (tertiary/aromatic N) is 1. The molecule has 0 saturated heterocycles. The molecule has 0 unspecified atom stereocenters. The van der Waals surface area contributed by atoms with Crippen LogP contribution in [-0.2, 0) is 11.2 Å². The van der Waals surface area contributed by atoms with Gasteiger partial charge in [-0.25, -0.2) is 0 Å². The van der Waals surface area contributed by atoms with Crippen molar-refractivity contribution in [1.29, 1.82) is 0 Å². The first-order chi connectivity index (χ1) is 8.63. The van der Waals surface area contributed by atoms with Crippen LogP contribution in [0.1, 0.15) is 17.7 Å². The molecule has 0 aliphatic carbocycles. The largest absolute Gasteiger partial charge is 0.399 e. The van der Waals surface area contributed by atoms with E-state index in [0.717, 1.165) is 16.9 Å². The highest BCUT2D eigenvalue weighted by atomic mass is 16.1. The van der Waals surface area contributed by atoms with E-state index in [-0.39, 0.29) is 5.91 Å². The van der Waals surface area contributed by atoms with Crippen LogP contribution in [0.25, 0.3) is 0 Å². The number of rotatable bonds is 4. The Labute approximate surface area is 105 Å². The molecular formula is C13H16N4O. The van der Waals surface area contributed by atoms with Gasteiger partial charge in [-0.05, 0) is 31.0 Å². The van der Waals surface area contributed by atoms with Gasteiger partial charge in [0, 0.05) is 23.9 Å². The van der Waals surface area contributed by atoms with Crippen LogP contribution < -0.4 is 11.1 Å². The fourth-order valence-corrected chi connectivity index (χ4v) is 1.63. The Morgan fingerprint density at radius 1 is 1.39 bits per heavy atom. The first-order valence-electron chi connectivity index (χ1n) is 5.80. The Bertz CT molecular complexity index is 530. The third-order valence-electron chi connectivity index (χ3n) is 2.59. The van der Waals surface area contributed by atoms with Gasteiger partial charge in [0.1, 0.15) is 0 Å². The van der Waals surface area contributed by atoms with Crippen molar-refractivity contribution in [3.05, 3.63) is 41.6 Å². The van der Waals surface area contributed by atoms with Crippen molar-refractivity contribution in [3.63, 3.8) is 0 Å². The van der Waals surface area contributed by atoms with Gasteiger partial charge in [0.25, 0.3) is 0 Å². The molecule has 1 aromatic carbocycles. The van der Waals surface area contributed by atoms with Crippen molar-refractivity contribution in [2.75, 3.05) is 11.1 Å². The average Bonchev–Trinajstić information content (AvgIpc) is 2.74. The van der Waals surface area contributed by atoms with E-state index in [1.54, 1.807) is 6.07 Å². The summed E-state index contributed by atoms with van der Waals surface area (Å²) >= 11 is 0. The highest BCUT2D eigenvalue weighted by Crippen LogP contribution is 2.09. The summed E-state index contributed by atoms with van der Waals surface area (Å²) in [5.74, 6) is 0.521. The van der Waals surface area contributed by atoms with Gasteiger partial charge in [-0.2, -0.15) is 5.10 Å². The molecule has 0 atom stereocenters. The Morgan fingerprint density at radius 3 is 2.72 bits per heavy atom. The van der Waals surface area contributed by atoms with E-state index in [9.17, 15) is 4.79 Å². The summed E-state index contributed by atoms with van der Waals surface area (Å²) in [6, 6.07) is 9.33. The zero-order valence-corrected chi connectivity index (χ0v) is 10.2. The summed E-state index contributed by atoms with van der Waals surface area (Å²) in [5.41, 5.74) is 8.34. The molecule has 1 amide bonds. The number of hydrogen-bond donors (Lipinski definition) is 3. The van der Waals surface area contributed by atoms with Crippen LogP contribution in [0.4, 0.5) is 11.5 Å². The molecule has 0 aliphatic rings. The molecule has 18 heavy (non-hydrogen) atoms. The predicted molar refractivity (Wildman–Crippen MR) is 71.1 cm³/mol. The van der Waals surface area contributed by atoms with E-state index >= 15 is 0 Å². The first kappa shape index (κ1) is 12.2. The predicted octanol–water partition coefficient (Wildman–Crippen LogP) is 1.87. The van der Waals surface area contributed by atoms with E-state index < -0.39 is 0 Å². The summed E-state index contributed by atoms with van der Waals surface area (Å²) < 4.78 is 0. The maximum atomic E-state index is 11.7. The SMILES string of the molecule is Cc1cc(NC(=O)CCc2ccc(N)cc2)n[nH]1. The molecule has 2 rings (SSSR count). The molecule has 0 aliphatic heterocycles. The molecular weight excluding hydrogens is 228 g/mol. The smallest absolute Gasteiger partial charge is 0.225 e. The number of benzene rings is 1. The Morgan fingerprint density at radius 2 is 2.11 bits per heavy atom. The third-order valence-corrected chi connectivity index (χ3v) is 2.59. The minimum atomic E-state index is -0.0432. The number of aromatic amines is 1. The highest BCUT2D eigenvalue weighted by molar-refractivity contribution is 5.89. The Kier molecular flexibility index (Phi) is 3.62. The molecule has 5 heteroatoms.